The third kappa shape index (κ3) is 3.66. The summed E-state index contributed by atoms with van der Waals surface area (Å²) in [6.07, 6.45) is 7.30. The Labute approximate surface area is 133 Å². The van der Waals surface area contributed by atoms with Crippen molar-refractivity contribution in [1.29, 1.82) is 0 Å². The molecular weight excluding hydrogens is 278 g/mol. The van der Waals surface area contributed by atoms with Crippen molar-refractivity contribution in [1.82, 2.24) is 9.88 Å². The van der Waals surface area contributed by atoms with Gasteiger partial charge in [-0.1, -0.05) is 40.0 Å². The molecule has 1 saturated carbocycles. The molecule has 1 aliphatic carbocycles. The zero-order chi connectivity index (χ0) is 15.7. The van der Waals surface area contributed by atoms with Crippen LogP contribution < -0.4 is 5.73 Å². The van der Waals surface area contributed by atoms with Crippen LogP contribution in [0, 0.1) is 0 Å². The molecule has 2 N–H and O–H groups in total. The Hall–Kier alpha value is -0.450. The van der Waals surface area contributed by atoms with Crippen LogP contribution in [-0.4, -0.2) is 35.6 Å². The van der Waals surface area contributed by atoms with Gasteiger partial charge in [0, 0.05) is 28.8 Å². The number of aromatic nitrogens is 1. The molecule has 0 aliphatic heterocycles. The number of nitrogens with two attached hydrogens (primary N) is 1. The van der Waals surface area contributed by atoms with Crippen molar-refractivity contribution in [2.75, 3.05) is 14.1 Å². The summed E-state index contributed by atoms with van der Waals surface area (Å²) < 4.78 is 0. The summed E-state index contributed by atoms with van der Waals surface area (Å²) in [6, 6.07) is 0.173. The minimum atomic E-state index is 0.128. The summed E-state index contributed by atoms with van der Waals surface area (Å²) in [4.78, 5) is 7.20. The van der Waals surface area contributed by atoms with Crippen LogP contribution in [0.15, 0.2) is 5.38 Å². The first-order valence-corrected chi connectivity index (χ1v) is 9.01. The van der Waals surface area contributed by atoms with Gasteiger partial charge in [0.1, 0.15) is 0 Å². The maximum Gasteiger partial charge on any atom is 0.0944 e. The van der Waals surface area contributed by atoms with Gasteiger partial charge < -0.3 is 10.6 Å². The third-order valence-corrected chi connectivity index (χ3v) is 5.89. The Morgan fingerprint density at radius 1 is 1.29 bits per heavy atom. The van der Waals surface area contributed by atoms with Gasteiger partial charge in [0.2, 0.25) is 0 Å². The second-order valence-corrected chi connectivity index (χ2v) is 8.69. The summed E-state index contributed by atoms with van der Waals surface area (Å²) >= 11 is 1.77. The first kappa shape index (κ1) is 16.9. The van der Waals surface area contributed by atoms with Crippen molar-refractivity contribution in [2.24, 2.45) is 5.73 Å². The van der Waals surface area contributed by atoms with Gasteiger partial charge in [0.05, 0.1) is 10.7 Å². The van der Waals surface area contributed by atoms with Crippen LogP contribution in [-0.2, 0) is 11.8 Å². The van der Waals surface area contributed by atoms with Gasteiger partial charge in [-0.3, -0.25) is 0 Å². The molecule has 0 spiro atoms. The van der Waals surface area contributed by atoms with Crippen molar-refractivity contribution in [2.45, 2.75) is 76.3 Å². The van der Waals surface area contributed by atoms with E-state index in [0.29, 0.717) is 0 Å². The fourth-order valence-electron chi connectivity index (χ4n) is 3.44. The summed E-state index contributed by atoms with van der Waals surface area (Å²) in [6.45, 7) is 6.65. The van der Waals surface area contributed by atoms with Gasteiger partial charge in [-0.2, -0.15) is 0 Å². The van der Waals surface area contributed by atoms with Crippen LogP contribution in [0.4, 0.5) is 0 Å². The van der Waals surface area contributed by atoms with E-state index >= 15 is 0 Å². The molecule has 120 valence electrons. The summed E-state index contributed by atoms with van der Waals surface area (Å²) in [5.41, 5.74) is 8.14. The standard InChI is InChI=1S/C17H31N3S/c1-16(2,3)14-12-21-15(19-14)11-13(18)17(20(4)5)9-7-6-8-10-17/h12-13H,6-11,18H2,1-5H3. The maximum absolute atomic E-state index is 6.66. The van der Waals surface area contributed by atoms with Crippen LogP contribution in [0.3, 0.4) is 0 Å². The van der Waals surface area contributed by atoms with E-state index in [1.807, 2.05) is 0 Å². The molecular formula is C17H31N3S. The fraction of sp³-hybridized carbons (Fsp3) is 0.824. The molecule has 1 aromatic rings. The molecule has 1 unspecified atom stereocenters. The van der Waals surface area contributed by atoms with Crippen LogP contribution in [0.5, 0.6) is 0 Å². The van der Waals surface area contributed by atoms with Gasteiger partial charge in [-0.25, -0.2) is 4.98 Å². The summed E-state index contributed by atoms with van der Waals surface area (Å²) in [5, 5.41) is 3.39. The average Bonchev–Trinajstić information content (AvgIpc) is 2.87. The lowest BCUT2D eigenvalue weighted by Gasteiger charge is -2.47. The zero-order valence-corrected chi connectivity index (χ0v) is 15.1. The van der Waals surface area contributed by atoms with Crippen LogP contribution in [0.1, 0.15) is 63.6 Å². The van der Waals surface area contributed by atoms with Crippen LogP contribution in [0.25, 0.3) is 0 Å². The Balaban J connectivity index is 2.12. The van der Waals surface area contributed by atoms with Gasteiger partial charge in [-0.05, 0) is 26.9 Å². The predicted octanol–water partition coefficient (Wildman–Crippen LogP) is 3.57. The van der Waals surface area contributed by atoms with Crippen LogP contribution >= 0.6 is 11.3 Å². The topological polar surface area (TPSA) is 42.1 Å². The van der Waals surface area contributed by atoms with Crippen molar-refractivity contribution < 1.29 is 0 Å². The lowest BCUT2D eigenvalue weighted by molar-refractivity contribution is 0.0715. The number of hydrogen-bond donors (Lipinski definition) is 1. The number of thiazole rings is 1. The van der Waals surface area contributed by atoms with E-state index in [0.717, 1.165) is 6.42 Å². The Bertz CT molecular complexity index is 453. The Kier molecular flexibility index (Phi) is 5.11. The molecule has 1 fully saturated rings. The van der Waals surface area contributed by atoms with Gasteiger partial charge >= 0.3 is 0 Å². The molecule has 0 amide bonds. The second kappa shape index (κ2) is 6.35. The SMILES string of the molecule is CN(C)C1(C(N)Cc2nc(C(C)(C)C)cs2)CCCCC1. The first-order valence-electron chi connectivity index (χ1n) is 8.13. The highest BCUT2D eigenvalue weighted by Gasteiger charge is 2.40. The van der Waals surface area contributed by atoms with Gasteiger partial charge in [0.25, 0.3) is 0 Å². The third-order valence-electron chi connectivity index (χ3n) is 5.01. The normalized spacial score (nSPS) is 20.7. The zero-order valence-electron chi connectivity index (χ0n) is 14.3. The van der Waals surface area contributed by atoms with Crippen molar-refractivity contribution in [3.63, 3.8) is 0 Å². The molecule has 0 saturated heterocycles. The molecule has 1 heterocycles. The molecule has 2 rings (SSSR count). The largest absolute Gasteiger partial charge is 0.326 e. The molecule has 0 bridgehead atoms. The highest BCUT2D eigenvalue weighted by Crippen LogP contribution is 2.36. The molecule has 1 atom stereocenters. The number of likely N-dealkylation sites (N-methyl/N-ethyl adjacent to an activating group) is 1. The predicted molar refractivity (Wildman–Crippen MR) is 92.0 cm³/mol. The molecule has 1 aromatic heterocycles. The lowest BCUT2D eigenvalue weighted by atomic mass is 9.74. The minimum absolute atomic E-state index is 0.128. The van der Waals surface area contributed by atoms with E-state index in [2.05, 4.69) is 45.1 Å². The molecule has 1 aliphatic rings. The van der Waals surface area contributed by atoms with E-state index in [1.54, 1.807) is 11.3 Å². The molecule has 0 aromatic carbocycles. The highest BCUT2D eigenvalue weighted by molar-refractivity contribution is 7.09. The van der Waals surface area contributed by atoms with E-state index in [4.69, 9.17) is 10.7 Å². The van der Waals surface area contributed by atoms with Crippen LogP contribution in [0.2, 0.25) is 0 Å². The van der Waals surface area contributed by atoms with Crippen molar-refractivity contribution in [3.05, 3.63) is 16.1 Å². The maximum atomic E-state index is 6.66. The summed E-state index contributed by atoms with van der Waals surface area (Å²) in [5.74, 6) is 0. The van der Waals surface area contributed by atoms with E-state index in [1.165, 1.54) is 42.8 Å². The number of nitrogens with zero attached hydrogens (tertiary/aromatic N) is 2. The molecule has 4 heteroatoms. The van der Waals surface area contributed by atoms with Crippen molar-refractivity contribution >= 4 is 11.3 Å². The fourth-order valence-corrected chi connectivity index (χ4v) is 4.52. The van der Waals surface area contributed by atoms with E-state index < -0.39 is 0 Å². The van der Waals surface area contributed by atoms with Gasteiger partial charge in [0.15, 0.2) is 0 Å². The minimum Gasteiger partial charge on any atom is -0.326 e. The van der Waals surface area contributed by atoms with E-state index in [9.17, 15) is 0 Å². The Morgan fingerprint density at radius 2 is 1.90 bits per heavy atom. The quantitative estimate of drug-likeness (QED) is 0.924. The molecule has 0 radical (unpaired) electrons. The highest BCUT2D eigenvalue weighted by atomic mass is 32.1. The first-order chi connectivity index (χ1) is 9.75. The van der Waals surface area contributed by atoms with E-state index in [-0.39, 0.29) is 17.0 Å². The van der Waals surface area contributed by atoms with Gasteiger partial charge in [-0.15, -0.1) is 11.3 Å². The van der Waals surface area contributed by atoms with Crippen molar-refractivity contribution in [3.8, 4) is 0 Å². The lowest BCUT2D eigenvalue weighted by Crippen LogP contribution is -2.59. The molecule has 3 nitrogen and oxygen atoms in total. The summed E-state index contributed by atoms with van der Waals surface area (Å²) in [7, 11) is 4.38. The monoisotopic (exact) mass is 309 g/mol. The number of hydrogen-bond acceptors (Lipinski definition) is 4. The number of rotatable bonds is 4. The second-order valence-electron chi connectivity index (χ2n) is 7.75. The average molecular weight is 310 g/mol. The smallest absolute Gasteiger partial charge is 0.0944 e. The molecule has 21 heavy (non-hydrogen) atoms. The Morgan fingerprint density at radius 3 is 2.38 bits per heavy atom.